The second-order valence-electron chi connectivity index (χ2n) is 7.45. The van der Waals surface area contributed by atoms with Crippen molar-refractivity contribution >= 4 is 34.3 Å². The van der Waals surface area contributed by atoms with Gasteiger partial charge in [0.2, 0.25) is 11.6 Å². The summed E-state index contributed by atoms with van der Waals surface area (Å²) in [5.41, 5.74) is 1.74. The van der Waals surface area contributed by atoms with Gasteiger partial charge in [-0.3, -0.25) is 23.5 Å². The second kappa shape index (κ2) is 7.39. The number of hydrogen-bond acceptors (Lipinski definition) is 6. The molecule has 0 saturated heterocycles. The number of carbonyl (C=O) groups is 3. The molecule has 1 N–H and O–H groups in total. The van der Waals surface area contributed by atoms with E-state index in [1.54, 1.807) is 50.5 Å². The summed E-state index contributed by atoms with van der Waals surface area (Å²) in [5, 5.41) is 10.9. The van der Waals surface area contributed by atoms with Gasteiger partial charge in [-0.1, -0.05) is 30.3 Å². The van der Waals surface area contributed by atoms with Crippen LogP contribution in [0.3, 0.4) is 0 Å². The number of imidazole rings is 1. The maximum absolute atomic E-state index is 13.0. The van der Waals surface area contributed by atoms with Crippen LogP contribution >= 0.6 is 0 Å². The number of fused-ring (bicyclic) bond motifs is 2. The van der Waals surface area contributed by atoms with Crippen molar-refractivity contribution in [2.24, 2.45) is 14.1 Å². The predicted molar refractivity (Wildman–Crippen MR) is 113 cm³/mol. The zero-order valence-electron chi connectivity index (χ0n) is 17.2. The smallest absolute Gasteiger partial charge is 0.328 e. The van der Waals surface area contributed by atoms with Gasteiger partial charge in [-0.25, -0.2) is 4.79 Å². The van der Waals surface area contributed by atoms with Crippen molar-refractivity contribution in [3.8, 4) is 0 Å². The van der Waals surface area contributed by atoms with Crippen molar-refractivity contribution in [1.82, 2.24) is 9.13 Å². The monoisotopic (exact) mass is 420 g/mol. The lowest BCUT2D eigenvalue weighted by atomic mass is 9.78. The van der Waals surface area contributed by atoms with E-state index in [1.165, 1.54) is 22.3 Å². The van der Waals surface area contributed by atoms with Gasteiger partial charge < -0.3 is 9.84 Å². The minimum Gasteiger partial charge on any atom is -0.507 e. The number of benzene rings is 2. The minimum absolute atomic E-state index is 0.117. The molecule has 0 saturated carbocycles. The number of hydrogen-bond donors (Lipinski definition) is 1. The highest BCUT2D eigenvalue weighted by Gasteiger charge is 2.38. The maximum Gasteiger partial charge on any atom is 0.328 e. The molecule has 31 heavy (non-hydrogen) atoms. The van der Waals surface area contributed by atoms with E-state index in [1.807, 2.05) is 0 Å². The molecule has 0 amide bonds. The van der Waals surface area contributed by atoms with Crippen LogP contribution in [0.2, 0.25) is 0 Å². The molecule has 1 atom stereocenters. The number of allylic oxidation sites excluding steroid dienone is 1. The Morgan fingerprint density at radius 3 is 2.29 bits per heavy atom. The highest BCUT2D eigenvalue weighted by atomic mass is 16.5. The molecule has 1 unspecified atom stereocenters. The molecule has 8 heteroatoms. The molecule has 2 aromatic carbocycles. The average molecular weight is 420 g/mol. The Kier molecular flexibility index (Phi) is 4.85. The molecular formula is C23H20N2O6. The van der Waals surface area contributed by atoms with Gasteiger partial charge >= 0.3 is 11.7 Å². The third-order valence-corrected chi connectivity index (χ3v) is 5.78. The van der Waals surface area contributed by atoms with Crippen LogP contribution in [0, 0.1) is 0 Å². The van der Waals surface area contributed by atoms with Gasteiger partial charge in [0, 0.05) is 31.1 Å². The number of aromatic nitrogens is 2. The Morgan fingerprint density at radius 2 is 1.61 bits per heavy atom. The average Bonchev–Trinajstić information content (AvgIpc) is 3.00. The SMILES string of the molecule is COC(=O)CC(C1=C(O)c2ccccc2C(=O)C1=O)c1ccc2c(c1)n(C)c(=O)n2C. The van der Waals surface area contributed by atoms with Crippen molar-refractivity contribution in [3.05, 3.63) is 75.2 Å². The van der Waals surface area contributed by atoms with Gasteiger partial charge in [0.1, 0.15) is 5.76 Å². The predicted octanol–water partition coefficient (Wildman–Crippen LogP) is 2.26. The maximum atomic E-state index is 13.0. The summed E-state index contributed by atoms with van der Waals surface area (Å²) in [6.45, 7) is 0. The van der Waals surface area contributed by atoms with Crippen molar-refractivity contribution < 1.29 is 24.2 Å². The van der Waals surface area contributed by atoms with Crippen molar-refractivity contribution in [2.45, 2.75) is 12.3 Å². The fraction of sp³-hybridized carbons (Fsp3) is 0.217. The Hall–Kier alpha value is -3.94. The van der Waals surface area contributed by atoms with Crippen LogP contribution in [0.5, 0.6) is 0 Å². The molecule has 0 fully saturated rings. The zero-order chi connectivity index (χ0) is 22.4. The normalized spacial score (nSPS) is 14.7. The summed E-state index contributed by atoms with van der Waals surface area (Å²) >= 11 is 0. The molecule has 0 spiro atoms. The van der Waals surface area contributed by atoms with E-state index < -0.39 is 23.5 Å². The molecule has 0 bridgehead atoms. The van der Waals surface area contributed by atoms with Crippen LogP contribution in [0.25, 0.3) is 16.8 Å². The topological polar surface area (TPSA) is 108 Å². The molecule has 3 aromatic rings. The van der Waals surface area contributed by atoms with Crippen LogP contribution < -0.4 is 5.69 Å². The fourth-order valence-corrected chi connectivity index (χ4v) is 4.09. The highest BCUT2D eigenvalue weighted by molar-refractivity contribution is 6.52. The molecule has 4 rings (SSSR count). The number of aliphatic hydroxyl groups excluding tert-OH is 1. The summed E-state index contributed by atoms with van der Waals surface area (Å²) in [5.74, 6) is -3.49. The number of aliphatic hydroxyl groups is 1. The van der Waals surface area contributed by atoms with E-state index in [4.69, 9.17) is 4.74 Å². The molecule has 158 valence electrons. The summed E-state index contributed by atoms with van der Waals surface area (Å²) in [4.78, 5) is 50.2. The Morgan fingerprint density at radius 1 is 0.968 bits per heavy atom. The molecule has 0 aliphatic heterocycles. The van der Waals surface area contributed by atoms with E-state index in [0.29, 0.717) is 16.6 Å². The third kappa shape index (κ3) is 3.07. The Balaban J connectivity index is 1.96. The Labute approximate surface area is 177 Å². The first kappa shape index (κ1) is 20.3. The second-order valence-corrected chi connectivity index (χ2v) is 7.45. The van der Waals surface area contributed by atoms with E-state index >= 15 is 0 Å². The number of rotatable bonds is 4. The first-order valence-electron chi connectivity index (χ1n) is 9.60. The number of aryl methyl sites for hydroxylation is 2. The Bertz CT molecular complexity index is 1360. The third-order valence-electron chi connectivity index (χ3n) is 5.78. The molecule has 1 aromatic heterocycles. The van der Waals surface area contributed by atoms with Crippen molar-refractivity contribution in [1.29, 1.82) is 0 Å². The number of esters is 1. The number of Topliss-reactive ketones (excluding diaryl/α,β-unsaturated/α-hetero) is 2. The first-order valence-corrected chi connectivity index (χ1v) is 9.60. The first-order chi connectivity index (χ1) is 14.8. The van der Waals surface area contributed by atoms with Gasteiger partial charge in [0.05, 0.1) is 30.1 Å². The largest absolute Gasteiger partial charge is 0.507 e. The van der Waals surface area contributed by atoms with Crippen LogP contribution in [0.1, 0.15) is 33.8 Å². The lowest BCUT2D eigenvalue weighted by molar-refractivity contribution is -0.140. The van der Waals surface area contributed by atoms with E-state index in [9.17, 15) is 24.3 Å². The van der Waals surface area contributed by atoms with Gasteiger partial charge in [0.25, 0.3) is 0 Å². The molecule has 0 radical (unpaired) electrons. The van der Waals surface area contributed by atoms with Gasteiger partial charge in [-0.2, -0.15) is 0 Å². The standard InChI is InChI=1S/C23H20N2O6/c1-24-16-9-8-12(10-17(16)25(2)23(24)30)15(11-18(26)31-3)19-20(27)13-6-4-5-7-14(13)21(28)22(19)29/h4-10,15,27H,11H2,1-3H3. The number of nitrogens with zero attached hydrogens (tertiary/aromatic N) is 2. The lowest BCUT2D eigenvalue weighted by Crippen LogP contribution is -2.28. The number of ether oxygens (including phenoxy) is 1. The lowest BCUT2D eigenvalue weighted by Gasteiger charge is -2.24. The highest BCUT2D eigenvalue weighted by Crippen LogP contribution is 2.38. The minimum atomic E-state index is -0.933. The van der Waals surface area contributed by atoms with Gasteiger partial charge in [-0.05, 0) is 17.7 Å². The van der Waals surface area contributed by atoms with Crippen LogP contribution in [0.15, 0.2) is 52.8 Å². The molecule has 1 aliphatic rings. The van der Waals surface area contributed by atoms with Crippen LogP contribution in [0.4, 0.5) is 0 Å². The zero-order valence-corrected chi connectivity index (χ0v) is 17.2. The molecular weight excluding hydrogens is 400 g/mol. The van der Waals surface area contributed by atoms with Crippen LogP contribution in [-0.2, 0) is 28.4 Å². The number of ketones is 2. The molecule has 8 nitrogen and oxygen atoms in total. The molecule has 1 aliphatic carbocycles. The van der Waals surface area contributed by atoms with Gasteiger partial charge in [0.15, 0.2) is 0 Å². The molecule has 1 heterocycles. The summed E-state index contributed by atoms with van der Waals surface area (Å²) in [6, 6.07) is 11.3. The summed E-state index contributed by atoms with van der Waals surface area (Å²) in [7, 11) is 4.48. The van der Waals surface area contributed by atoms with E-state index in [0.717, 1.165) is 0 Å². The van der Waals surface area contributed by atoms with Gasteiger partial charge in [-0.15, -0.1) is 0 Å². The van der Waals surface area contributed by atoms with Crippen molar-refractivity contribution in [3.63, 3.8) is 0 Å². The number of carbonyl (C=O) groups excluding carboxylic acids is 3. The summed E-state index contributed by atoms with van der Waals surface area (Å²) in [6.07, 6.45) is -0.261. The number of methoxy groups -OCH3 is 1. The van der Waals surface area contributed by atoms with E-state index in [-0.39, 0.29) is 34.6 Å². The summed E-state index contributed by atoms with van der Waals surface area (Å²) < 4.78 is 7.73. The van der Waals surface area contributed by atoms with Crippen molar-refractivity contribution in [2.75, 3.05) is 7.11 Å². The van der Waals surface area contributed by atoms with Crippen LogP contribution in [-0.4, -0.2) is 38.9 Å². The van der Waals surface area contributed by atoms with E-state index in [2.05, 4.69) is 0 Å². The fourth-order valence-electron chi connectivity index (χ4n) is 4.09. The quantitative estimate of drug-likeness (QED) is 0.512.